The molecule has 4 rings (SSSR count). The first-order valence-corrected chi connectivity index (χ1v) is 9.91. The molecule has 0 bridgehead atoms. The van der Waals surface area contributed by atoms with Crippen LogP contribution in [-0.2, 0) is 9.59 Å². The van der Waals surface area contributed by atoms with Gasteiger partial charge < -0.3 is 9.84 Å². The van der Waals surface area contributed by atoms with Gasteiger partial charge in [0.15, 0.2) is 5.13 Å². The number of hydrogen-bond donors (Lipinski definition) is 1. The van der Waals surface area contributed by atoms with E-state index in [0.29, 0.717) is 16.9 Å². The number of benzene rings is 2. The number of amides is 1. The van der Waals surface area contributed by atoms with Crippen molar-refractivity contribution in [2.45, 2.75) is 13.0 Å². The van der Waals surface area contributed by atoms with E-state index < -0.39 is 23.5 Å². The number of Topliss-reactive ketones (excluding diaryl/α,β-unsaturated/α-hetero) is 1. The molecule has 0 saturated carbocycles. The minimum absolute atomic E-state index is 0.120. The molecule has 1 aliphatic rings. The van der Waals surface area contributed by atoms with Gasteiger partial charge in [-0.15, -0.1) is 11.3 Å². The second-order valence-electron chi connectivity index (χ2n) is 6.72. The molecule has 1 amide bonds. The molecule has 0 radical (unpaired) electrons. The van der Waals surface area contributed by atoms with E-state index in [9.17, 15) is 19.1 Å². The second kappa shape index (κ2) is 7.72. The van der Waals surface area contributed by atoms with Gasteiger partial charge in [0.2, 0.25) is 0 Å². The molecule has 0 aliphatic carbocycles. The van der Waals surface area contributed by atoms with Gasteiger partial charge in [-0.25, -0.2) is 9.37 Å². The average molecular weight is 424 g/mol. The van der Waals surface area contributed by atoms with E-state index in [1.807, 2.05) is 0 Å². The van der Waals surface area contributed by atoms with Crippen LogP contribution >= 0.6 is 11.3 Å². The third kappa shape index (κ3) is 3.25. The summed E-state index contributed by atoms with van der Waals surface area (Å²) in [6.07, 6.45) is 1.51. The standard InChI is InChI=1S/C22H17FN2O4S/c1-12-10-14(6-7-16(12)29-2)19(26)17-18(13-4-3-5-15(23)11-13)25(21(28)20(17)27)22-24-8-9-30-22/h3-11,18,26H,1-2H3/t18-/m1/s1. The molecule has 2 aromatic carbocycles. The molecule has 3 aromatic rings. The zero-order valence-electron chi connectivity index (χ0n) is 16.1. The Balaban J connectivity index is 1.94. The topological polar surface area (TPSA) is 79.7 Å². The number of aromatic nitrogens is 1. The number of methoxy groups -OCH3 is 1. The lowest BCUT2D eigenvalue weighted by Crippen LogP contribution is -2.29. The number of carbonyl (C=O) groups excluding carboxylic acids is 2. The first kappa shape index (κ1) is 19.8. The Labute approximate surface area is 175 Å². The highest BCUT2D eigenvalue weighted by atomic mass is 32.1. The number of aryl methyl sites for hydroxylation is 1. The second-order valence-corrected chi connectivity index (χ2v) is 7.60. The number of halogens is 1. The van der Waals surface area contributed by atoms with E-state index in [4.69, 9.17) is 4.74 Å². The normalized spacial score (nSPS) is 18.1. The Hall–Kier alpha value is -3.52. The van der Waals surface area contributed by atoms with Crippen molar-refractivity contribution in [2.24, 2.45) is 0 Å². The molecule has 0 spiro atoms. The van der Waals surface area contributed by atoms with Crippen molar-refractivity contribution < 1.29 is 23.8 Å². The van der Waals surface area contributed by atoms with E-state index in [1.165, 1.54) is 47.7 Å². The third-order valence-electron chi connectivity index (χ3n) is 4.90. The largest absolute Gasteiger partial charge is 0.507 e. The smallest absolute Gasteiger partial charge is 0.301 e. The van der Waals surface area contributed by atoms with Crippen molar-refractivity contribution in [1.82, 2.24) is 4.98 Å². The summed E-state index contributed by atoms with van der Waals surface area (Å²) in [5.74, 6) is -1.92. The molecule has 30 heavy (non-hydrogen) atoms. The van der Waals surface area contributed by atoms with Gasteiger partial charge in [-0.2, -0.15) is 0 Å². The molecule has 1 atom stereocenters. The number of aliphatic hydroxyl groups excluding tert-OH is 1. The van der Waals surface area contributed by atoms with Gasteiger partial charge in [-0.3, -0.25) is 14.5 Å². The fraction of sp³-hybridized carbons (Fsp3) is 0.136. The summed E-state index contributed by atoms with van der Waals surface area (Å²) >= 11 is 1.17. The van der Waals surface area contributed by atoms with Gasteiger partial charge in [0.1, 0.15) is 17.3 Å². The molecule has 0 unspecified atom stereocenters. The third-order valence-corrected chi connectivity index (χ3v) is 5.67. The van der Waals surface area contributed by atoms with Crippen molar-refractivity contribution in [3.63, 3.8) is 0 Å². The summed E-state index contributed by atoms with van der Waals surface area (Å²) in [4.78, 5) is 31.2. The molecule has 1 saturated heterocycles. The van der Waals surface area contributed by atoms with Crippen LogP contribution in [0.2, 0.25) is 0 Å². The van der Waals surface area contributed by atoms with Crippen LogP contribution in [0.5, 0.6) is 5.75 Å². The van der Waals surface area contributed by atoms with E-state index in [-0.39, 0.29) is 16.5 Å². The summed E-state index contributed by atoms with van der Waals surface area (Å²) in [6, 6.07) is 9.52. The van der Waals surface area contributed by atoms with E-state index in [0.717, 1.165) is 5.56 Å². The fourth-order valence-corrected chi connectivity index (χ4v) is 4.21. The predicted molar refractivity (Wildman–Crippen MR) is 111 cm³/mol. The van der Waals surface area contributed by atoms with Crippen molar-refractivity contribution >= 4 is 33.9 Å². The lowest BCUT2D eigenvalue weighted by molar-refractivity contribution is -0.132. The van der Waals surface area contributed by atoms with Crippen LogP contribution in [0.25, 0.3) is 5.76 Å². The number of ether oxygens (including phenoxy) is 1. The van der Waals surface area contributed by atoms with Gasteiger partial charge in [0.05, 0.1) is 18.7 Å². The van der Waals surface area contributed by atoms with Gasteiger partial charge in [-0.05, 0) is 48.4 Å². The number of carbonyl (C=O) groups is 2. The maximum absolute atomic E-state index is 14.0. The van der Waals surface area contributed by atoms with Crippen LogP contribution in [0, 0.1) is 12.7 Å². The van der Waals surface area contributed by atoms with E-state index in [2.05, 4.69) is 4.98 Å². The Morgan fingerprint density at radius 1 is 1.23 bits per heavy atom. The number of rotatable bonds is 4. The molecule has 2 heterocycles. The number of aliphatic hydroxyl groups is 1. The summed E-state index contributed by atoms with van der Waals surface area (Å²) < 4.78 is 19.2. The fourth-order valence-electron chi connectivity index (χ4n) is 3.54. The molecule has 152 valence electrons. The minimum Gasteiger partial charge on any atom is -0.507 e. The molecule has 1 fully saturated rings. The molecule has 6 nitrogen and oxygen atoms in total. The lowest BCUT2D eigenvalue weighted by atomic mass is 9.95. The van der Waals surface area contributed by atoms with E-state index >= 15 is 0 Å². The van der Waals surface area contributed by atoms with Crippen molar-refractivity contribution in [2.75, 3.05) is 12.0 Å². The number of hydrogen-bond acceptors (Lipinski definition) is 6. The van der Waals surface area contributed by atoms with Crippen LogP contribution in [0.4, 0.5) is 9.52 Å². The Morgan fingerprint density at radius 2 is 2.03 bits per heavy atom. The number of anilines is 1. The number of ketones is 1. The van der Waals surface area contributed by atoms with Crippen molar-refractivity contribution in [1.29, 1.82) is 0 Å². The molecular formula is C22H17FN2O4S. The zero-order valence-corrected chi connectivity index (χ0v) is 16.9. The quantitative estimate of drug-likeness (QED) is 0.385. The van der Waals surface area contributed by atoms with Crippen LogP contribution in [0.3, 0.4) is 0 Å². The Kier molecular flexibility index (Phi) is 5.09. The highest BCUT2D eigenvalue weighted by molar-refractivity contribution is 7.14. The monoisotopic (exact) mass is 424 g/mol. The SMILES string of the molecule is COc1ccc(C(O)=C2C(=O)C(=O)N(c3nccs3)[C@@H]2c2cccc(F)c2)cc1C. The van der Waals surface area contributed by atoms with Gasteiger partial charge in [0.25, 0.3) is 5.78 Å². The van der Waals surface area contributed by atoms with Crippen molar-refractivity contribution in [3.8, 4) is 5.75 Å². The Morgan fingerprint density at radius 3 is 2.67 bits per heavy atom. The first-order chi connectivity index (χ1) is 14.4. The minimum atomic E-state index is -1.01. The summed E-state index contributed by atoms with van der Waals surface area (Å²) in [6.45, 7) is 1.80. The lowest BCUT2D eigenvalue weighted by Gasteiger charge is -2.23. The van der Waals surface area contributed by atoms with Crippen LogP contribution in [0.15, 0.2) is 59.6 Å². The van der Waals surface area contributed by atoms with Gasteiger partial charge in [-0.1, -0.05) is 12.1 Å². The summed E-state index contributed by atoms with van der Waals surface area (Å²) in [7, 11) is 1.53. The van der Waals surface area contributed by atoms with Crippen LogP contribution < -0.4 is 9.64 Å². The molecule has 1 N–H and O–H groups in total. The summed E-state index contributed by atoms with van der Waals surface area (Å²) in [5, 5.41) is 13.0. The van der Waals surface area contributed by atoms with Crippen LogP contribution in [0.1, 0.15) is 22.7 Å². The van der Waals surface area contributed by atoms with Gasteiger partial charge in [0, 0.05) is 17.1 Å². The molecular weight excluding hydrogens is 407 g/mol. The molecule has 1 aliphatic heterocycles. The zero-order chi connectivity index (χ0) is 21.4. The molecule has 8 heteroatoms. The average Bonchev–Trinajstić information content (AvgIpc) is 3.34. The maximum Gasteiger partial charge on any atom is 0.301 e. The Bertz CT molecular complexity index is 1170. The van der Waals surface area contributed by atoms with E-state index in [1.54, 1.807) is 36.6 Å². The highest BCUT2D eigenvalue weighted by Crippen LogP contribution is 2.43. The number of nitrogens with zero attached hydrogens (tertiary/aromatic N) is 2. The predicted octanol–water partition coefficient (Wildman–Crippen LogP) is 4.23. The van der Waals surface area contributed by atoms with Crippen molar-refractivity contribution in [3.05, 3.63) is 82.1 Å². The maximum atomic E-state index is 14.0. The van der Waals surface area contributed by atoms with Crippen LogP contribution in [-0.4, -0.2) is 28.9 Å². The summed E-state index contributed by atoms with van der Waals surface area (Å²) in [5.41, 5.74) is 1.34. The highest BCUT2D eigenvalue weighted by Gasteiger charge is 2.48. The van der Waals surface area contributed by atoms with Gasteiger partial charge >= 0.3 is 5.91 Å². The molecule has 1 aromatic heterocycles. The number of thiazole rings is 1. The first-order valence-electron chi connectivity index (χ1n) is 9.03.